The topological polar surface area (TPSA) is 92.2 Å². The lowest BCUT2D eigenvalue weighted by molar-refractivity contribution is -0.131. The molecule has 1 aromatic heterocycles. The Morgan fingerprint density at radius 2 is 2.25 bits per heavy atom. The van der Waals surface area contributed by atoms with Crippen LogP contribution in [-0.2, 0) is 11.3 Å². The van der Waals surface area contributed by atoms with Gasteiger partial charge in [0.25, 0.3) is 5.56 Å². The molecule has 1 rings (SSSR count). The average molecular weight is 228 g/mol. The van der Waals surface area contributed by atoms with Gasteiger partial charge in [-0.3, -0.25) is 14.3 Å². The van der Waals surface area contributed by atoms with Crippen LogP contribution >= 0.6 is 0 Å². The highest BCUT2D eigenvalue weighted by Crippen LogP contribution is 1.96. The minimum Gasteiger partial charge on any atom is -0.478 e. The average Bonchev–Trinajstić information content (AvgIpc) is 2.12. The molecular weight excluding hydrogens is 219 g/mol. The summed E-state index contributed by atoms with van der Waals surface area (Å²) in [6, 6.07) is 0. The fraction of sp³-hybridized carbons (Fsp3) is 0.222. The molecule has 0 amide bonds. The second kappa shape index (κ2) is 4.56. The van der Waals surface area contributed by atoms with Crippen LogP contribution in [0.3, 0.4) is 0 Å². The Morgan fingerprint density at radius 1 is 1.62 bits per heavy atom. The summed E-state index contributed by atoms with van der Waals surface area (Å²) >= 11 is 0. The maximum absolute atomic E-state index is 12.8. The van der Waals surface area contributed by atoms with E-state index in [1.165, 1.54) is 6.92 Å². The molecule has 0 saturated heterocycles. The summed E-state index contributed by atoms with van der Waals surface area (Å²) in [6.07, 6.45) is 1.63. The van der Waals surface area contributed by atoms with Crippen molar-refractivity contribution >= 4 is 5.97 Å². The number of allylic oxidation sites excluding steroid dienone is 1. The summed E-state index contributed by atoms with van der Waals surface area (Å²) in [5, 5.41) is 8.43. The quantitative estimate of drug-likeness (QED) is 0.695. The first-order valence-electron chi connectivity index (χ1n) is 4.29. The number of hydrogen-bond donors (Lipinski definition) is 2. The maximum atomic E-state index is 12.8. The first-order chi connectivity index (χ1) is 7.40. The summed E-state index contributed by atoms with van der Waals surface area (Å²) in [4.78, 5) is 34.0. The van der Waals surface area contributed by atoms with Crippen molar-refractivity contribution < 1.29 is 14.3 Å². The largest absolute Gasteiger partial charge is 0.478 e. The zero-order valence-corrected chi connectivity index (χ0v) is 8.36. The van der Waals surface area contributed by atoms with E-state index >= 15 is 0 Å². The van der Waals surface area contributed by atoms with Gasteiger partial charge in [0.1, 0.15) is 0 Å². The smallest absolute Gasteiger partial charge is 0.328 e. The van der Waals surface area contributed by atoms with E-state index in [9.17, 15) is 18.8 Å². The molecule has 6 nitrogen and oxygen atoms in total. The second-order valence-electron chi connectivity index (χ2n) is 3.19. The van der Waals surface area contributed by atoms with Crippen molar-refractivity contribution in [3.8, 4) is 0 Å². The number of carboxylic acid groups (broad SMARTS) is 1. The zero-order valence-electron chi connectivity index (χ0n) is 8.36. The SMILES string of the molecule is CC(=CC(=O)O)Cn1cc(F)c(=O)[nH]c1=O. The molecule has 0 radical (unpaired) electrons. The van der Waals surface area contributed by atoms with Gasteiger partial charge >= 0.3 is 11.7 Å². The molecule has 0 saturated carbocycles. The van der Waals surface area contributed by atoms with Crippen molar-refractivity contribution in [1.29, 1.82) is 0 Å². The Bertz CT molecular complexity index is 555. The molecule has 1 heterocycles. The molecule has 0 bridgehead atoms. The lowest BCUT2D eigenvalue weighted by atomic mass is 10.3. The number of nitrogens with zero attached hydrogens (tertiary/aromatic N) is 1. The first-order valence-corrected chi connectivity index (χ1v) is 4.29. The summed E-state index contributed by atoms with van der Waals surface area (Å²) < 4.78 is 13.7. The fourth-order valence-corrected chi connectivity index (χ4v) is 1.13. The van der Waals surface area contributed by atoms with E-state index in [2.05, 4.69) is 0 Å². The number of rotatable bonds is 3. The molecule has 0 aromatic carbocycles. The Labute approximate surface area is 88.7 Å². The Balaban J connectivity index is 3.08. The van der Waals surface area contributed by atoms with Gasteiger partial charge in [-0.25, -0.2) is 9.59 Å². The monoisotopic (exact) mass is 228 g/mol. The number of carboxylic acids is 1. The van der Waals surface area contributed by atoms with Crippen LogP contribution in [0.2, 0.25) is 0 Å². The van der Waals surface area contributed by atoms with Crippen LogP contribution in [0.4, 0.5) is 4.39 Å². The van der Waals surface area contributed by atoms with Crippen LogP contribution in [0.5, 0.6) is 0 Å². The lowest BCUT2D eigenvalue weighted by Gasteiger charge is -2.04. The molecule has 2 N–H and O–H groups in total. The van der Waals surface area contributed by atoms with Crippen LogP contribution < -0.4 is 11.2 Å². The van der Waals surface area contributed by atoms with Gasteiger partial charge in [0.05, 0.1) is 6.20 Å². The third-order valence-electron chi connectivity index (χ3n) is 1.76. The maximum Gasteiger partial charge on any atom is 0.328 e. The van der Waals surface area contributed by atoms with E-state index in [-0.39, 0.29) is 6.54 Å². The summed E-state index contributed by atoms with van der Waals surface area (Å²) in [6.45, 7) is 1.38. The van der Waals surface area contributed by atoms with Crippen molar-refractivity contribution in [1.82, 2.24) is 9.55 Å². The number of aromatic nitrogens is 2. The summed E-state index contributed by atoms with van der Waals surface area (Å²) in [5.41, 5.74) is -1.54. The number of halogens is 1. The van der Waals surface area contributed by atoms with Gasteiger partial charge < -0.3 is 5.11 Å². The lowest BCUT2D eigenvalue weighted by Crippen LogP contribution is -2.31. The molecule has 0 fully saturated rings. The van der Waals surface area contributed by atoms with Crippen molar-refractivity contribution in [2.45, 2.75) is 13.5 Å². The molecule has 0 unspecified atom stereocenters. The number of aromatic amines is 1. The van der Waals surface area contributed by atoms with E-state index in [0.29, 0.717) is 5.57 Å². The van der Waals surface area contributed by atoms with Gasteiger partial charge in [0.2, 0.25) is 5.82 Å². The van der Waals surface area contributed by atoms with Crippen LogP contribution in [0.25, 0.3) is 0 Å². The zero-order chi connectivity index (χ0) is 12.3. The van der Waals surface area contributed by atoms with E-state index in [1.54, 1.807) is 4.98 Å². The van der Waals surface area contributed by atoms with Gasteiger partial charge in [-0.15, -0.1) is 0 Å². The van der Waals surface area contributed by atoms with Gasteiger partial charge in [-0.05, 0) is 12.5 Å². The molecule has 0 aliphatic heterocycles. The molecule has 0 spiro atoms. The molecule has 0 aliphatic carbocycles. The highest BCUT2D eigenvalue weighted by atomic mass is 19.1. The van der Waals surface area contributed by atoms with Gasteiger partial charge in [-0.1, -0.05) is 0 Å². The van der Waals surface area contributed by atoms with Crippen molar-refractivity contribution in [3.05, 3.63) is 44.5 Å². The van der Waals surface area contributed by atoms with Crippen LogP contribution in [-0.4, -0.2) is 20.6 Å². The number of nitrogens with one attached hydrogen (secondary N) is 1. The molecule has 16 heavy (non-hydrogen) atoms. The molecule has 86 valence electrons. The molecule has 7 heteroatoms. The normalized spacial score (nSPS) is 11.5. The van der Waals surface area contributed by atoms with Crippen LogP contribution in [0.1, 0.15) is 6.92 Å². The predicted molar refractivity (Wildman–Crippen MR) is 52.7 cm³/mol. The highest BCUT2D eigenvalue weighted by molar-refractivity contribution is 5.80. The summed E-state index contributed by atoms with van der Waals surface area (Å²) in [5.74, 6) is -2.25. The molecular formula is C9H9FN2O4. The second-order valence-corrected chi connectivity index (χ2v) is 3.19. The number of carbonyl (C=O) groups is 1. The van der Waals surface area contributed by atoms with Crippen molar-refractivity contribution in [2.24, 2.45) is 0 Å². The van der Waals surface area contributed by atoms with Gasteiger partial charge in [0.15, 0.2) is 0 Å². The van der Waals surface area contributed by atoms with Gasteiger partial charge in [-0.2, -0.15) is 4.39 Å². The fourth-order valence-electron chi connectivity index (χ4n) is 1.13. The first kappa shape index (κ1) is 11.9. The predicted octanol–water partition coefficient (Wildman–Crippen LogP) is -0.293. The third kappa shape index (κ3) is 2.91. The van der Waals surface area contributed by atoms with E-state index in [1.807, 2.05) is 0 Å². The minimum atomic E-state index is -1.16. The number of aliphatic carboxylic acids is 1. The summed E-state index contributed by atoms with van der Waals surface area (Å²) in [7, 11) is 0. The third-order valence-corrected chi connectivity index (χ3v) is 1.76. The number of H-pyrrole nitrogens is 1. The Morgan fingerprint density at radius 3 is 2.81 bits per heavy atom. The molecule has 0 aliphatic rings. The van der Waals surface area contributed by atoms with E-state index in [4.69, 9.17) is 5.11 Å². The minimum absolute atomic E-state index is 0.0984. The van der Waals surface area contributed by atoms with Crippen molar-refractivity contribution in [3.63, 3.8) is 0 Å². The highest BCUT2D eigenvalue weighted by Gasteiger charge is 2.04. The number of hydrogen-bond acceptors (Lipinski definition) is 3. The van der Waals surface area contributed by atoms with Crippen molar-refractivity contribution in [2.75, 3.05) is 0 Å². The Kier molecular flexibility index (Phi) is 3.39. The van der Waals surface area contributed by atoms with Crippen LogP contribution in [0, 0.1) is 5.82 Å². The van der Waals surface area contributed by atoms with Gasteiger partial charge in [0, 0.05) is 12.6 Å². The molecule has 0 atom stereocenters. The van der Waals surface area contributed by atoms with Crippen LogP contribution in [0.15, 0.2) is 27.4 Å². The molecule has 1 aromatic rings. The van der Waals surface area contributed by atoms with E-state index < -0.39 is 23.0 Å². The Hall–Kier alpha value is -2.18. The van der Waals surface area contributed by atoms with E-state index in [0.717, 1.165) is 16.8 Å². The standard InChI is InChI=1S/C9H9FN2O4/c1-5(2-7(13)14)3-12-4-6(10)8(15)11-9(12)16/h2,4H,3H2,1H3,(H,13,14)(H,11,15,16).